The summed E-state index contributed by atoms with van der Waals surface area (Å²) in [5, 5.41) is 18.7. The lowest BCUT2D eigenvalue weighted by molar-refractivity contribution is 0.831. The molecular formula is C18H12N4. The van der Waals surface area contributed by atoms with Gasteiger partial charge in [-0.15, -0.1) is 0 Å². The minimum absolute atomic E-state index is 0.106. The molecule has 1 aromatic carbocycles. The Kier molecular flexibility index (Phi) is 3.68. The van der Waals surface area contributed by atoms with Crippen molar-refractivity contribution in [2.75, 3.05) is 0 Å². The van der Waals surface area contributed by atoms with Crippen LogP contribution in [0.5, 0.6) is 0 Å². The standard InChI is InChI=1S/C18H12N4/c19-10-16(11-20)8-14-3-4-18-17(9-14)5-7-22(18)13-15-2-1-6-21-12-15/h1-9,12H,13H2. The van der Waals surface area contributed by atoms with Crippen molar-refractivity contribution < 1.29 is 0 Å². The summed E-state index contributed by atoms with van der Waals surface area (Å²) in [6.45, 7) is 0.758. The van der Waals surface area contributed by atoms with Crippen LogP contribution in [0.3, 0.4) is 0 Å². The maximum absolute atomic E-state index is 8.82. The molecule has 0 N–H and O–H groups in total. The normalized spacial score (nSPS) is 9.91. The van der Waals surface area contributed by atoms with Crippen molar-refractivity contribution >= 4 is 17.0 Å². The number of nitriles is 2. The van der Waals surface area contributed by atoms with Crippen LogP contribution < -0.4 is 0 Å². The van der Waals surface area contributed by atoms with E-state index in [1.165, 1.54) is 0 Å². The average molecular weight is 284 g/mol. The number of allylic oxidation sites excluding steroid dienone is 1. The average Bonchev–Trinajstić information content (AvgIpc) is 2.96. The lowest BCUT2D eigenvalue weighted by atomic mass is 10.1. The van der Waals surface area contributed by atoms with Gasteiger partial charge in [-0.25, -0.2) is 0 Å². The van der Waals surface area contributed by atoms with Gasteiger partial charge in [0.2, 0.25) is 0 Å². The zero-order valence-corrected chi connectivity index (χ0v) is 11.8. The summed E-state index contributed by atoms with van der Waals surface area (Å²) >= 11 is 0. The number of pyridine rings is 1. The van der Waals surface area contributed by atoms with Crippen LogP contribution in [0.2, 0.25) is 0 Å². The molecule has 0 bridgehead atoms. The second-order valence-corrected chi connectivity index (χ2v) is 4.90. The number of hydrogen-bond donors (Lipinski definition) is 0. The van der Waals surface area contributed by atoms with Gasteiger partial charge in [-0.2, -0.15) is 10.5 Å². The summed E-state index contributed by atoms with van der Waals surface area (Å²) < 4.78 is 2.15. The SMILES string of the molecule is N#CC(C#N)=Cc1ccc2c(ccn2Cc2cccnc2)c1. The third-order valence-corrected chi connectivity index (χ3v) is 3.42. The summed E-state index contributed by atoms with van der Waals surface area (Å²) in [6.07, 6.45) is 7.24. The molecule has 2 heterocycles. The molecule has 0 amide bonds. The maximum atomic E-state index is 8.82. The molecule has 0 fully saturated rings. The molecule has 0 saturated heterocycles. The van der Waals surface area contributed by atoms with Crippen LogP contribution in [0.4, 0.5) is 0 Å². The first-order chi connectivity index (χ1) is 10.8. The van der Waals surface area contributed by atoms with E-state index >= 15 is 0 Å². The number of hydrogen-bond acceptors (Lipinski definition) is 3. The Morgan fingerprint density at radius 3 is 2.77 bits per heavy atom. The fourth-order valence-corrected chi connectivity index (χ4v) is 2.39. The lowest BCUT2D eigenvalue weighted by Crippen LogP contribution is -1.97. The zero-order chi connectivity index (χ0) is 15.4. The smallest absolute Gasteiger partial charge is 0.130 e. The van der Waals surface area contributed by atoms with Crippen molar-refractivity contribution in [2.45, 2.75) is 6.54 Å². The molecule has 0 aliphatic heterocycles. The number of nitrogens with zero attached hydrogens (tertiary/aromatic N) is 4. The fourth-order valence-electron chi connectivity index (χ4n) is 2.39. The van der Waals surface area contributed by atoms with Gasteiger partial charge in [0.05, 0.1) is 0 Å². The van der Waals surface area contributed by atoms with Crippen LogP contribution in [0.1, 0.15) is 11.1 Å². The molecule has 0 saturated carbocycles. The lowest BCUT2D eigenvalue weighted by Gasteiger charge is -2.05. The molecule has 3 aromatic rings. The van der Waals surface area contributed by atoms with Crippen LogP contribution >= 0.6 is 0 Å². The van der Waals surface area contributed by atoms with E-state index in [0.29, 0.717) is 0 Å². The van der Waals surface area contributed by atoms with E-state index in [9.17, 15) is 0 Å². The highest BCUT2D eigenvalue weighted by atomic mass is 15.0. The van der Waals surface area contributed by atoms with Gasteiger partial charge in [0.1, 0.15) is 17.7 Å². The van der Waals surface area contributed by atoms with Crippen molar-refractivity contribution in [3.05, 3.63) is 71.7 Å². The Morgan fingerprint density at radius 1 is 1.18 bits per heavy atom. The van der Waals surface area contributed by atoms with E-state index < -0.39 is 0 Å². The van der Waals surface area contributed by atoms with Gasteiger partial charge in [-0.1, -0.05) is 12.1 Å². The van der Waals surface area contributed by atoms with Crippen molar-refractivity contribution in [1.82, 2.24) is 9.55 Å². The summed E-state index contributed by atoms with van der Waals surface area (Å²) in [5.74, 6) is 0. The van der Waals surface area contributed by atoms with Gasteiger partial charge in [0, 0.05) is 36.0 Å². The van der Waals surface area contributed by atoms with E-state index in [-0.39, 0.29) is 5.57 Å². The van der Waals surface area contributed by atoms with Gasteiger partial charge in [0.25, 0.3) is 0 Å². The molecule has 3 rings (SSSR count). The quantitative estimate of drug-likeness (QED) is 0.691. The minimum atomic E-state index is 0.106. The Bertz CT molecular complexity index is 905. The third kappa shape index (κ3) is 2.72. The van der Waals surface area contributed by atoms with Crippen molar-refractivity contribution in [1.29, 1.82) is 10.5 Å². The van der Waals surface area contributed by atoms with E-state index in [1.54, 1.807) is 12.3 Å². The largest absolute Gasteiger partial charge is 0.343 e. The fraction of sp³-hybridized carbons (Fsp3) is 0.0556. The van der Waals surface area contributed by atoms with Gasteiger partial charge in [-0.3, -0.25) is 4.98 Å². The van der Waals surface area contributed by atoms with Crippen molar-refractivity contribution in [3.8, 4) is 12.1 Å². The van der Waals surface area contributed by atoms with Crippen LogP contribution in [0, 0.1) is 22.7 Å². The van der Waals surface area contributed by atoms with Crippen LogP contribution in [0.25, 0.3) is 17.0 Å². The van der Waals surface area contributed by atoms with E-state index in [2.05, 4.69) is 9.55 Å². The molecule has 4 nitrogen and oxygen atoms in total. The van der Waals surface area contributed by atoms with Gasteiger partial charge in [0.15, 0.2) is 0 Å². The molecule has 0 radical (unpaired) electrons. The Hall–Kier alpha value is -3.37. The molecule has 4 heteroatoms. The molecule has 2 aromatic heterocycles. The molecular weight excluding hydrogens is 272 g/mol. The molecule has 0 aliphatic carbocycles. The second kappa shape index (κ2) is 5.95. The number of rotatable bonds is 3. The molecule has 0 aliphatic rings. The van der Waals surface area contributed by atoms with Gasteiger partial charge in [-0.05, 0) is 41.5 Å². The zero-order valence-electron chi connectivity index (χ0n) is 11.8. The molecule has 0 unspecified atom stereocenters. The monoisotopic (exact) mass is 284 g/mol. The highest BCUT2D eigenvalue weighted by Crippen LogP contribution is 2.20. The van der Waals surface area contributed by atoms with Gasteiger partial charge >= 0.3 is 0 Å². The number of benzene rings is 1. The first-order valence-corrected chi connectivity index (χ1v) is 6.80. The highest BCUT2D eigenvalue weighted by molar-refractivity contribution is 5.83. The Labute approximate surface area is 128 Å². The number of aromatic nitrogens is 2. The molecule has 22 heavy (non-hydrogen) atoms. The van der Waals surface area contributed by atoms with E-state index in [1.807, 2.05) is 60.9 Å². The Balaban J connectivity index is 1.95. The highest BCUT2D eigenvalue weighted by Gasteiger charge is 2.03. The van der Waals surface area contributed by atoms with Crippen LogP contribution in [0.15, 0.2) is 60.6 Å². The van der Waals surface area contributed by atoms with Crippen LogP contribution in [-0.4, -0.2) is 9.55 Å². The topological polar surface area (TPSA) is 65.4 Å². The van der Waals surface area contributed by atoms with Crippen molar-refractivity contribution in [3.63, 3.8) is 0 Å². The number of fused-ring (bicyclic) bond motifs is 1. The molecule has 104 valence electrons. The first-order valence-electron chi connectivity index (χ1n) is 6.80. The maximum Gasteiger partial charge on any atom is 0.130 e. The molecule has 0 spiro atoms. The summed E-state index contributed by atoms with van der Waals surface area (Å²) in [4.78, 5) is 4.13. The second-order valence-electron chi connectivity index (χ2n) is 4.90. The van der Waals surface area contributed by atoms with Crippen LogP contribution in [-0.2, 0) is 6.54 Å². The van der Waals surface area contributed by atoms with E-state index in [4.69, 9.17) is 10.5 Å². The minimum Gasteiger partial charge on any atom is -0.343 e. The predicted octanol–water partition coefficient (Wildman–Crippen LogP) is 3.52. The summed E-state index contributed by atoms with van der Waals surface area (Å²) in [6, 6.07) is 15.6. The first kappa shape index (κ1) is 13.6. The van der Waals surface area contributed by atoms with E-state index in [0.717, 1.165) is 28.6 Å². The summed E-state index contributed by atoms with van der Waals surface area (Å²) in [7, 11) is 0. The summed E-state index contributed by atoms with van der Waals surface area (Å²) in [5.41, 5.74) is 3.20. The van der Waals surface area contributed by atoms with Gasteiger partial charge < -0.3 is 4.57 Å². The third-order valence-electron chi connectivity index (χ3n) is 3.42. The molecule has 0 atom stereocenters. The van der Waals surface area contributed by atoms with Crippen molar-refractivity contribution in [2.24, 2.45) is 0 Å². The Morgan fingerprint density at radius 2 is 2.05 bits per heavy atom. The predicted molar refractivity (Wildman–Crippen MR) is 84.5 cm³/mol.